The lowest BCUT2D eigenvalue weighted by Gasteiger charge is -2.27. The van der Waals surface area contributed by atoms with E-state index in [0.29, 0.717) is 11.7 Å². The summed E-state index contributed by atoms with van der Waals surface area (Å²) in [5.41, 5.74) is 7.09. The summed E-state index contributed by atoms with van der Waals surface area (Å²) in [6.07, 6.45) is 2.43. The zero-order valence-electron chi connectivity index (χ0n) is 8.73. The van der Waals surface area contributed by atoms with E-state index in [0.717, 1.165) is 11.3 Å². The highest BCUT2D eigenvalue weighted by molar-refractivity contribution is 7.99. The molecule has 1 aromatic rings. The predicted octanol–water partition coefficient (Wildman–Crippen LogP) is 2.54. The van der Waals surface area contributed by atoms with E-state index >= 15 is 0 Å². The van der Waals surface area contributed by atoms with Crippen molar-refractivity contribution in [3.05, 3.63) is 29.8 Å². The number of rotatable bonds is 2. The Kier molecular flexibility index (Phi) is 3.54. The Labute approximate surface area is 94.9 Å². The molecule has 0 saturated carbocycles. The topological polar surface area (TPSA) is 46.2 Å². The first-order chi connectivity index (χ1) is 7.29. The fourth-order valence-corrected chi connectivity index (χ4v) is 3.29. The van der Waals surface area contributed by atoms with Gasteiger partial charge >= 0.3 is 0 Å². The van der Waals surface area contributed by atoms with E-state index in [4.69, 9.17) is 5.73 Å². The van der Waals surface area contributed by atoms with Crippen molar-refractivity contribution in [2.45, 2.75) is 18.9 Å². The highest BCUT2D eigenvalue weighted by Crippen LogP contribution is 2.34. The van der Waals surface area contributed by atoms with Crippen LogP contribution in [0.2, 0.25) is 0 Å². The van der Waals surface area contributed by atoms with Crippen LogP contribution in [0.25, 0.3) is 0 Å². The molecule has 1 aromatic carbocycles. The molecule has 1 saturated heterocycles. The van der Waals surface area contributed by atoms with Crippen molar-refractivity contribution in [1.82, 2.24) is 0 Å². The second-order valence-corrected chi connectivity index (χ2v) is 5.21. The van der Waals surface area contributed by atoms with Gasteiger partial charge in [0.25, 0.3) is 0 Å². The predicted molar refractivity (Wildman–Crippen MR) is 65.1 cm³/mol. The van der Waals surface area contributed by atoms with Gasteiger partial charge in [0.05, 0.1) is 0 Å². The Balaban J connectivity index is 2.12. The summed E-state index contributed by atoms with van der Waals surface area (Å²) < 4.78 is 0. The lowest BCUT2D eigenvalue weighted by molar-refractivity contribution is 0.407. The van der Waals surface area contributed by atoms with E-state index < -0.39 is 0 Å². The smallest absolute Gasteiger partial charge is 0.120 e. The molecule has 15 heavy (non-hydrogen) atoms. The van der Waals surface area contributed by atoms with Gasteiger partial charge in [-0.1, -0.05) is 18.2 Å². The summed E-state index contributed by atoms with van der Waals surface area (Å²) in [6.45, 7) is 0. The fraction of sp³-hybridized carbons (Fsp3) is 0.500. The van der Waals surface area contributed by atoms with Crippen LogP contribution >= 0.6 is 11.8 Å². The first-order valence-electron chi connectivity index (χ1n) is 5.40. The van der Waals surface area contributed by atoms with Gasteiger partial charge < -0.3 is 10.8 Å². The summed E-state index contributed by atoms with van der Waals surface area (Å²) >= 11 is 1.97. The van der Waals surface area contributed by atoms with E-state index in [1.165, 1.54) is 18.6 Å². The molecular weight excluding hydrogens is 206 g/mol. The molecule has 1 fully saturated rings. The van der Waals surface area contributed by atoms with E-state index in [9.17, 15) is 5.11 Å². The highest BCUT2D eigenvalue weighted by atomic mass is 32.2. The van der Waals surface area contributed by atoms with Gasteiger partial charge in [-0.3, -0.25) is 0 Å². The molecule has 2 unspecified atom stereocenters. The zero-order valence-corrected chi connectivity index (χ0v) is 9.54. The Morgan fingerprint density at radius 3 is 2.87 bits per heavy atom. The first kappa shape index (κ1) is 10.8. The van der Waals surface area contributed by atoms with E-state index in [1.807, 2.05) is 30.0 Å². The number of para-hydroxylation sites is 1. The molecular formula is C12H17NOS. The van der Waals surface area contributed by atoms with Gasteiger partial charge in [-0.2, -0.15) is 11.8 Å². The zero-order chi connectivity index (χ0) is 10.7. The number of thioether (sulfide) groups is 1. The first-order valence-corrected chi connectivity index (χ1v) is 6.55. The third-order valence-corrected chi connectivity index (χ3v) is 4.24. The molecule has 82 valence electrons. The van der Waals surface area contributed by atoms with E-state index in [-0.39, 0.29) is 6.04 Å². The maximum absolute atomic E-state index is 9.72. The van der Waals surface area contributed by atoms with Crippen molar-refractivity contribution < 1.29 is 5.11 Å². The minimum atomic E-state index is -0.0148. The third-order valence-electron chi connectivity index (χ3n) is 3.00. The normalized spacial score (nSPS) is 23.7. The molecule has 2 nitrogen and oxygen atoms in total. The van der Waals surface area contributed by atoms with Crippen LogP contribution < -0.4 is 5.73 Å². The van der Waals surface area contributed by atoms with Crippen molar-refractivity contribution in [3.63, 3.8) is 0 Å². The Morgan fingerprint density at radius 2 is 2.20 bits per heavy atom. The maximum atomic E-state index is 9.72. The summed E-state index contributed by atoms with van der Waals surface area (Å²) in [6, 6.07) is 7.40. The van der Waals surface area contributed by atoms with Gasteiger partial charge in [0.15, 0.2) is 0 Å². The molecule has 2 rings (SSSR count). The monoisotopic (exact) mass is 223 g/mol. The summed E-state index contributed by atoms with van der Waals surface area (Å²) in [5.74, 6) is 3.22. The van der Waals surface area contributed by atoms with Gasteiger partial charge in [-0.05, 0) is 36.3 Å². The number of benzene rings is 1. The second-order valence-electron chi connectivity index (χ2n) is 4.06. The lowest BCUT2D eigenvalue weighted by Crippen LogP contribution is -2.25. The Morgan fingerprint density at radius 1 is 1.40 bits per heavy atom. The van der Waals surface area contributed by atoms with Crippen LogP contribution in [0.1, 0.15) is 24.4 Å². The number of hydrogen-bond donors (Lipinski definition) is 2. The van der Waals surface area contributed by atoms with Gasteiger partial charge in [0.2, 0.25) is 0 Å². The van der Waals surface area contributed by atoms with E-state index in [2.05, 4.69) is 0 Å². The molecule has 1 heterocycles. The molecule has 0 aliphatic carbocycles. The molecule has 2 atom stereocenters. The molecule has 1 aliphatic heterocycles. The summed E-state index contributed by atoms with van der Waals surface area (Å²) in [7, 11) is 0. The molecule has 0 aromatic heterocycles. The highest BCUT2D eigenvalue weighted by Gasteiger charge is 2.23. The van der Waals surface area contributed by atoms with Gasteiger partial charge in [0, 0.05) is 11.6 Å². The fourth-order valence-electron chi connectivity index (χ4n) is 2.07. The number of hydrogen-bond acceptors (Lipinski definition) is 3. The van der Waals surface area contributed by atoms with Crippen molar-refractivity contribution >= 4 is 11.8 Å². The van der Waals surface area contributed by atoms with Crippen LogP contribution in [0, 0.1) is 5.92 Å². The number of phenolic OH excluding ortho intramolecular Hbond substituents is 1. The maximum Gasteiger partial charge on any atom is 0.120 e. The quantitative estimate of drug-likeness (QED) is 0.810. The second kappa shape index (κ2) is 4.90. The van der Waals surface area contributed by atoms with Gasteiger partial charge in [-0.25, -0.2) is 0 Å². The van der Waals surface area contributed by atoms with Crippen molar-refractivity contribution in [3.8, 4) is 5.75 Å². The number of aromatic hydroxyl groups is 1. The minimum Gasteiger partial charge on any atom is -0.508 e. The van der Waals surface area contributed by atoms with Crippen LogP contribution in [0.3, 0.4) is 0 Å². The molecule has 0 amide bonds. The summed E-state index contributed by atoms with van der Waals surface area (Å²) in [5, 5.41) is 9.72. The summed E-state index contributed by atoms with van der Waals surface area (Å²) in [4.78, 5) is 0. The van der Waals surface area contributed by atoms with Gasteiger partial charge in [0.1, 0.15) is 5.75 Å². The Bertz CT molecular complexity index is 323. The van der Waals surface area contributed by atoms with Crippen LogP contribution in [-0.4, -0.2) is 16.6 Å². The van der Waals surface area contributed by atoms with Crippen LogP contribution in [0.4, 0.5) is 0 Å². The number of phenols is 1. The third kappa shape index (κ3) is 2.47. The molecule has 0 radical (unpaired) electrons. The van der Waals surface area contributed by atoms with Crippen molar-refractivity contribution in [2.75, 3.05) is 11.5 Å². The van der Waals surface area contributed by atoms with Gasteiger partial charge in [-0.15, -0.1) is 0 Å². The van der Waals surface area contributed by atoms with Crippen LogP contribution in [0.5, 0.6) is 5.75 Å². The van der Waals surface area contributed by atoms with Crippen molar-refractivity contribution in [2.24, 2.45) is 11.7 Å². The average molecular weight is 223 g/mol. The average Bonchev–Trinajstić information content (AvgIpc) is 2.30. The van der Waals surface area contributed by atoms with Crippen molar-refractivity contribution in [1.29, 1.82) is 0 Å². The molecule has 1 aliphatic rings. The van der Waals surface area contributed by atoms with Crippen LogP contribution in [0.15, 0.2) is 24.3 Å². The minimum absolute atomic E-state index is 0.0148. The molecule has 3 N–H and O–H groups in total. The molecule has 0 bridgehead atoms. The number of nitrogens with two attached hydrogens (primary N) is 1. The largest absolute Gasteiger partial charge is 0.508 e. The van der Waals surface area contributed by atoms with E-state index in [1.54, 1.807) is 6.07 Å². The Hall–Kier alpha value is -0.670. The lowest BCUT2D eigenvalue weighted by atomic mass is 9.91. The molecule has 0 spiro atoms. The molecule has 3 heteroatoms. The van der Waals surface area contributed by atoms with Crippen LogP contribution in [-0.2, 0) is 0 Å². The standard InChI is InChI=1S/C12H17NOS/c13-12(9-4-3-7-15-8-9)10-5-1-2-6-11(10)14/h1-2,5-6,9,12,14H,3-4,7-8,13H2. The SMILES string of the molecule is NC(c1ccccc1O)C1CCCSC1.